The zero-order valence-electron chi connectivity index (χ0n) is 12.2. The Bertz CT molecular complexity index is 470. The average molecular weight is 277 g/mol. The maximum absolute atomic E-state index is 10.2. The summed E-state index contributed by atoms with van der Waals surface area (Å²) in [5.74, 6) is 0.807. The highest BCUT2D eigenvalue weighted by atomic mass is 16.5. The standard InChI is InChI=1S/C15H23N3O2/c1-3-20-13-10-12(19)15(13)5-8-18(9-6-15)14-16-7-4-11(2)17-14/h4,7,12-13,19H,3,5-6,8-10H2,1-2H3. The Morgan fingerprint density at radius 2 is 2.20 bits per heavy atom. The van der Waals surface area contributed by atoms with Crippen molar-refractivity contribution in [1.82, 2.24) is 9.97 Å². The van der Waals surface area contributed by atoms with Gasteiger partial charge in [-0.2, -0.15) is 0 Å². The van der Waals surface area contributed by atoms with Gasteiger partial charge in [-0.25, -0.2) is 9.97 Å². The van der Waals surface area contributed by atoms with Crippen LogP contribution >= 0.6 is 0 Å². The highest BCUT2D eigenvalue weighted by Crippen LogP contribution is 2.51. The molecule has 1 aliphatic heterocycles. The van der Waals surface area contributed by atoms with Crippen molar-refractivity contribution >= 4 is 5.95 Å². The van der Waals surface area contributed by atoms with Crippen molar-refractivity contribution < 1.29 is 9.84 Å². The van der Waals surface area contributed by atoms with Crippen molar-refractivity contribution in [1.29, 1.82) is 0 Å². The van der Waals surface area contributed by atoms with Crippen LogP contribution in [0, 0.1) is 12.3 Å². The zero-order chi connectivity index (χ0) is 14.2. The van der Waals surface area contributed by atoms with E-state index in [-0.39, 0.29) is 17.6 Å². The number of ether oxygens (including phenoxy) is 1. The molecule has 20 heavy (non-hydrogen) atoms. The summed E-state index contributed by atoms with van der Waals surface area (Å²) in [4.78, 5) is 11.0. The molecule has 2 atom stereocenters. The molecule has 1 spiro atoms. The summed E-state index contributed by atoms with van der Waals surface area (Å²) >= 11 is 0. The molecule has 2 heterocycles. The van der Waals surface area contributed by atoms with Crippen LogP contribution < -0.4 is 4.90 Å². The first-order chi connectivity index (χ1) is 9.65. The molecule has 110 valence electrons. The van der Waals surface area contributed by atoms with Gasteiger partial charge in [0.25, 0.3) is 0 Å². The minimum Gasteiger partial charge on any atom is -0.392 e. The van der Waals surface area contributed by atoms with Crippen molar-refractivity contribution in [3.63, 3.8) is 0 Å². The first-order valence-electron chi connectivity index (χ1n) is 7.50. The van der Waals surface area contributed by atoms with E-state index < -0.39 is 0 Å². The molecule has 1 aliphatic carbocycles. The quantitative estimate of drug-likeness (QED) is 0.908. The number of anilines is 1. The third-order valence-corrected chi connectivity index (χ3v) is 4.87. The minimum atomic E-state index is -0.209. The molecule has 0 amide bonds. The van der Waals surface area contributed by atoms with E-state index in [2.05, 4.69) is 14.9 Å². The Hall–Kier alpha value is -1.20. The highest BCUT2D eigenvalue weighted by Gasteiger charge is 2.56. The molecule has 1 aromatic rings. The lowest BCUT2D eigenvalue weighted by Gasteiger charge is -2.56. The number of aryl methyl sites for hydroxylation is 1. The Morgan fingerprint density at radius 1 is 1.45 bits per heavy atom. The van der Waals surface area contributed by atoms with E-state index in [1.807, 2.05) is 26.1 Å². The Morgan fingerprint density at radius 3 is 2.80 bits per heavy atom. The van der Waals surface area contributed by atoms with Crippen LogP contribution in [0.1, 0.15) is 31.9 Å². The Balaban J connectivity index is 1.67. The molecule has 1 N–H and O–H groups in total. The number of aliphatic hydroxyl groups is 1. The van der Waals surface area contributed by atoms with Crippen LogP contribution in [0.5, 0.6) is 0 Å². The molecule has 2 unspecified atom stereocenters. The predicted molar refractivity (Wildman–Crippen MR) is 76.7 cm³/mol. The molecule has 5 heteroatoms. The Kier molecular flexibility index (Phi) is 3.65. The van der Waals surface area contributed by atoms with Crippen LogP contribution in [0.15, 0.2) is 12.3 Å². The molecular weight excluding hydrogens is 254 g/mol. The molecule has 2 fully saturated rings. The van der Waals surface area contributed by atoms with Gasteiger partial charge in [0.1, 0.15) is 0 Å². The van der Waals surface area contributed by atoms with E-state index in [0.717, 1.165) is 50.6 Å². The molecular formula is C15H23N3O2. The summed E-state index contributed by atoms with van der Waals surface area (Å²) < 4.78 is 5.79. The monoisotopic (exact) mass is 277 g/mol. The van der Waals surface area contributed by atoms with Gasteiger partial charge in [-0.15, -0.1) is 0 Å². The van der Waals surface area contributed by atoms with Crippen LogP contribution in [-0.2, 0) is 4.74 Å². The minimum absolute atomic E-state index is 0.0314. The van der Waals surface area contributed by atoms with Gasteiger partial charge in [0.15, 0.2) is 0 Å². The third-order valence-electron chi connectivity index (χ3n) is 4.87. The van der Waals surface area contributed by atoms with E-state index in [4.69, 9.17) is 4.74 Å². The maximum atomic E-state index is 10.2. The van der Waals surface area contributed by atoms with E-state index in [0.29, 0.717) is 0 Å². The van der Waals surface area contributed by atoms with E-state index in [9.17, 15) is 5.11 Å². The number of nitrogens with zero attached hydrogens (tertiary/aromatic N) is 3. The van der Waals surface area contributed by atoms with Crippen molar-refractivity contribution in [2.75, 3.05) is 24.6 Å². The second kappa shape index (κ2) is 5.30. The van der Waals surface area contributed by atoms with Crippen LogP contribution in [0.4, 0.5) is 5.95 Å². The molecule has 0 bridgehead atoms. The fourth-order valence-electron chi connectivity index (χ4n) is 3.53. The van der Waals surface area contributed by atoms with Gasteiger partial charge in [-0.1, -0.05) is 0 Å². The van der Waals surface area contributed by atoms with Crippen molar-refractivity contribution in [3.8, 4) is 0 Å². The van der Waals surface area contributed by atoms with E-state index in [1.54, 1.807) is 0 Å². The first-order valence-corrected chi connectivity index (χ1v) is 7.50. The number of piperidine rings is 1. The van der Waals surface area contributed by atoms with Gasteiger partial charge in [0.2, 0.25) is 5.95 Å². The average Bonchev–Trinajstić information content (AvgIpc) is 2.47. The van der Waals surface area contributed by atoms with E-state index in [1.165, 1.54) is 0 Å². The van der Waals surface area contributed by atoms with Crippen molar-refractivity contribution in [2.45, 2.75) is 45.3 Å². The van der Waals surface area contributed by atoms with Gasteiger partial charge in [-0.3, -0.25) is 0 Å². The molecule has 2 aliphatic rings. The molecule has 0 radical (unpaired) electrons. The first kappa shape index (κ1) is 13.8. The third kappa shape index (κ3) is 2.19. The smallest absolute Gasteiger partial charge is 0.225 e. The summed E-state index contributed by atoms with van der Waals surface area (Å²) in [7, 11) is 0. The molecule has 5 nitrogen and oxygen atoms in total. The lowest BCUT2D eigenvalue weighted by molar-refractivity contribution is -0.199. The van der Waals surface area contributed by atoms with Crippen LogP contribution in [0.25, 0.3) is 0 Å². The normalized spacial score (nSPS) is 28.4. The number of hydrogen-bond acceptors (Lipinski definition) is 5. The largest absolute Gasteiger partial charge is 0.392 e. The van der Waals surface area contributed by atoms with Crippen LogP contribution in [-0.4, -0.2) is 47.0 Å². The molecule has 1 saturated heterocycles. The van der Waals surface area contributed by atoms with Crippen LogP contribution in [0.3, 0.4) is 0 Å². The van der Waals surface area contributed by atoms with Gasteiger partial charge in [0, 0.05) is 43.4 Å². The lowest BCUT2D eigenvalue weighted by atomic mass is 9.58. The molecule has 1 saturated carbocycles. The summed E-state index contributed by atoms with van der Waals surface area (Å²) in [6.07, 6.45) is 4.52. The zero-order valence-corrected chi connectivity index (χ0v) is 12.2. The van der Waals surface area contributed by atoms with Crippen LogP contribution in [0.2, 0.25) is 0 Å². The summed E-state index contributed by atoms with van der Waals surface area (Å²) in [5.41, 5.74) is 0.960. The molecule has 0 aromatic carbocycles. The van der Waals surface area contributed by atoms with Gasteiger partial charge in [0.05, 0.1) is 12.2 Å². The fraction of sp³-hybridized carbons (Fsp3) is 0.733. The SMILES string of the molecule is CCOC1CC(O)C12CCN(c1nccc(C)n1)CC2. The second-order valence-electron chi connectivity index (χ2n) is 5.91. The van der Waals surface area contributed by atoms with Gasteiger partial charge >= 0.3 is 0 Å². The molecule has 1 aromatic heterocycles. The maximum Gasteiger partial charge on any atom is 0.225 e. The topological polar surface area (TPSA) is 58.5 Å². The predicted octanol–water partition coefficient (Wildman–Crippen LogP) is 1.54. The Labute approximate surface area is 120 Å². The fourth-order valence-corrected chi connectivity index (χ4v) is 3.53. The van der Waals surface area contributed by atoms with Gasteiger partial charge in [-0.05, 0) is 32.8 Å². The second-order valence-corrected chi connectivity index (χ2v) is 5.91. The number of aromatic nitrogens is 2. The van der Waals surface area contributed by atoms with Crippen molar-refractivity contribution in [2.24, 2.45) is 5.41 Å². The molecule has 3 rings (SSSR count). The number of rotatable bonds is 3. The summed E-state index contributed by atoms with van der Waals surface area (Å²) in [6, 6.07) is 1.91. The lowest BCUT2D eigenvalue weighted by Crippen LogP contribution is -2.62. The van der Waals surface area contributed by atoms with Gasteiger partial charge < -0.3 is 14.7 Å². The summed E-state index contributed by atoms with van der Waals surface area (Å²) in [6.45, 7) is 6.52. The van der Waals surface area contributed by atoms with Crippen molar-refractivity contribution in [3.05, 3.63) is 18.0 Å². The summed E-state index contributed by atoms with van der Waals surface area (Å²) in [5, 5.41) is 10.2. The highest BCUT2D eigenvalue weighted by molar-refractivity contribution is 5.32. The number of aliphatic hydroxyl groups excluding tert-OH is 1. The number of hydrogen-bond donors (Lipinski definition) is 1. The van der Waals surface area contributed by atoms with E-state index >= 15 is 0 Å².